The molecule has 0 aliphatic carbocycles. The van der Waals surface area contributed by atoms with Gasteiger partial charge in [0.15, 0.2) is 0 Å². The summed E-state index contributed by atoms with van der Waals surface area (Å²) in [7, 11) is 1.94. The molecule has 0 aliphatic rings. The molecule has 0 aliphatic heterocycles. The smallest absolute Gasteiger partial charge is 0.231 e. The number of aromatic nitrogens is 2. The van der Waals surface area contributed by atoms with Gasteiger partial charge in [0.05, 0.1) is 0 Å². The third-order valence-electron chi connectivity index (χ3n) is 3.67. The van der Waals surface area contributed by atoms with Crippen LogP contribution in [-0.4, -0.2) is 17.0 Å². The van der Waals surface area contributed by atoms with Gasteiger partial charge in [-0.3, -0.25) is 0 Å². The zero-order valence-electron chi connectivity index (χ0n) is 13.7. The van der Waals surface area contributed by atoms with Crippen molar-refractivity contribution in [2.75, 3.05) is 17.3 Å². The molecule has 3 aromatic rings. The molecular weight excluding hydrogens is 303 g/mol. The molecule has 0 saturated carbocycles. The molecule has 0 unspecified atom stereocenters. The topological polar surface area (TPSA) is 41.1 Å². The quantitative estimate of drug-likeness (QED) is 0.760. The van der Waals surface area contributed by atoms with E-state index < -0.39 is 0 Å². The van der Waals surface area contributed by atoms with Crippen molar-refractivity contribution in [1.82, 2.24) is 9.97 Å². The maximum absolute atomic E-state index is 13.0. The van der Waals surface area contributed by atoms with E-state index in [1.54, 1.807) is 12.1 Å². The number of halogens is 1. The van der Waals surface area contributed by atoms with E-state index in [-0.39, 0.29) is 5.82 Å². The molecule has 0 saturated heterocycles. The van der Waals surface area contributed by atoms with E-state index >= 15 is 0 Å². The molecule has 1 aromatic heterocycles. The van der Waals surface area contributed by atoms with Crippen LogP contribution in [0.1, 0.15) is 11.3 Å². The lowest BCUT2D eigenvalue weighted by molar-refractivity contribution is 0.627. The van der Waals surface area contributed by atoms with Gasteiger partial charge >= 0.3 is 0 Å². The molecule has 0 fully saturated rings. The summed E-state index contributed by atoms with van der Waals surface area (Å²) in [5.74, 6) is 1.14. The van der Waals surface area contributed by atoms with E-state index in [0.717, 1.165) is 22.8 Å². The standard InChI is InChI=1S/C19H19FN4/c1-14-12-18(21-13-15-8-10-16(20)11-9-15)23-19(22-14)24(2)17-6-4-3-5-7-17/h3-12H,13H2,1-2H3,(H,21,22,23). The van der Waals surface area contributed by atoms with Gasteiger partial charge in [-0.1, -0.05) is 30.3 Å². The Morgan fingerprint density at radius 3 is 2.42 bits per heavy atom. The lowest BCUT2D eigenvalue weighted by atomic mass is 10.2. The Balaban J connectivity index is 1.77. The second kappa shape index (κ2) is 7.08. The van der Waals surface area contributed by atoms with Gasteiger partial charge in [0.25, 0.3) is 0 Å². The average Bonchev–Trinajstić information content (AvgIpc) is 2.61. The summed E-state index contributed by atoms with van der Waals surface area (Å²) in [5, 5.41) is 3.27. The number of nitrogens with one attached hydrogen (secondary N) is 1. The summed E-state index contributed by atoms with van der Waals surface area (Å²) in [6.07, 6.45) is 0. The molecular formula is C19H19FN4. The van der Waals surface area contributed by atoms with Crippen molar-refractivity contribution in [2.24, 2.45) is 0 Å². The van der Waals surface area contributed by atoms with Gasteiger partial charge in [-0.05, 0) is 36.8 Å². The molecule has 1 heterocycles. The van der Waals surface area contributed by atoms with Crippen LogP contribution in [0.5, 0.6) is 0 Å². The van der Waals surface area contributed by atoms with E-state index in [1.807, 2.05) is 55.3 Å². The largest absolute Gasteiger partial charge is 0.366 e. The molecule has 0 amide bonds. The minimum absolute atomic E-state index is 0.233. The van der Waals surface area contributed by atoms with Crippen LogP contribution in [0.15, 0.2) is 60.7 Å². The fraction of sp³-hybridized carbons (Fsp3) is 0.158. The van der Waals surface area contributed by atoms with Gasteiger partial charge < -0.3 is 10.2 Å². The molecule has 0 bridgehead atoms. The summed E-state index contributed by atoms with van der Waals surface area (Å²) in [6.45, 7) is 2.51. The Morgan fingerprint density at radius 1 is 1.00 bits per heavy atom. The van der Waals surface area contributed by atoms with Gasteiger partial charge in [-0.2, -0.15) is 4.98 Å². The van der Waals surface area contributed by atoms with Crippen LogP contribution >= 0.6 is 0 Å². The lowest BCUT2D eigenvalue weighted by Gasteiger charge is -2.18. The van der Waals surface area contributed by atoms with E-state index in [9.17, 15) is 4.39 Å². The maximum Gasteiger partial charge on any atom is 0.231 e. The SMILES string of the molecule is Cc1cc(NCc2ccc(F)cc2)nc(N(C)c2ccccc2)n1. The average molecular weight is 322 g/mol. The normalized spacial score (nSPS) is 10.5. The predicted molar refractivity (Wildman–Crippen MR) is 95.0 cm³/mol. The monoisotopic (exact) mass is 322 g/mol. The Morgan fingerprint density at radius 2 is 1.71 bits per heavy atom. The highest BCUT2D eigenvalue weighted by atomic mass is 19.1. The molecule has 5 heteroatoms. The molecule has 4 nitrogen and oxygen atoms in total. The highest BCUT2D eigenvalue weighted by Gasteiger charge is 2.09. The number of rotatable bonds is 5. The number of benzene rings is 2. The molecule has 1 N–H and O–H groups in total. The first-order valence-corrected chi connectivity index (χ1v) is 7.74. The summed E-state index contributed by atoms with van der Waals surface area (Å²) < 4.78 is 13.0. The van der Waals surface area contributed by atoms with Crippen molar-refractivity contribution < 1.29 is 4.39 Å². The Bertz CT molecular complexity index is 803. The van der Waals surface area contributed by atoms with Crippen molar-refractivity contribution in [3.05, 3.63) is 77.7 Å². The number of anilines is 3. The van der Waals surface area contributed by atoms with Crippen molar-refractivity contribution in [3.8, 4) is 0 Å². The molecule has 3 rings (SSSR count). The van der Waals surface area contributed by atoms with Gasteiger partial charge in [0, 0.05) is 31.0 Å². The van der Waals surface area contributed by atoms with E-state index in [2.05, 4.69) is 15.3 Å². The van der Waals surface area contributed by atoms with Crippen molar-refractivity contribution in [1.29, 1.82) is 0 Å². The predicted octanol–water partition coefficient (Wildman–Crippen LogP) is 4.30. The van der Waals surface area contributed by atoms with Crippen LogP contribution in [-0.2, 0) is 6.54 Å². The van der Waals surface area contributed by atoms with Crippen molar-refractivity contribution in [3.63, 3.8) is 0 Å². The second-order valence-corrected chi connectivity index (χ2v) is 5.57. The zero-order chi connectivity index (χ0) is 16.9. The fourth-order valence-corrected chi connectivity index (χ4v) is 2.36. The van der Waals surface area contributed by atoms with Gasteiger partial charge in [0.1, 0.15) is 11.6 Å². The highest BCUT2D eigenvalue weighted by Crippen LogP contribution is 2.21. The number of hydrogen-bond acceptors (Lipinski definition) is 4. The van der Waals surface area contributed by atoms with Crippen molar-refractivity contribution in [2.45, 2.75) is 13.5 Å². The van der Waals surface area contributed by atoms with Gasteiger partial charge in [-0.25, -0.2) is 9.37 Å². The number of para-hydroxylation sites is 1. The van der Waals surface area contributed by atoms with E-state index in [1.165, 1.54) is 12.1 Å². The van der Waals surface area contributed by atoms with Crippen LogP contribution in [0.2, 0.25) is 0 Å². The number of nitrogens with zero attached hydrogens (tertiary/aromatic N) is 3. The minimum atomic E-state index is -0.233. The third-order valence-corrected chi connectivity index (χ3v) is 3.67. The highest BCUT2D eigenvalue weighted by molar-refractivity contribution is 5.57. The Labute approximate surface area is 141 Å². The molecule has 24 heavy (non-hydrogen) atoms. The fourth-order valence-electron chi connectivity index (χ4n) is 2.36. The summed E-state index contributed by atoms with van der Waals surface area (Å²) in [6, 6.07) is 18.3. The molecule has 2 aromatic carbocycles. The van der Waals surface area contributed by atoms with Crippen LogP contribution in [0.25, 0.3) is 0 Å². The molecule has 0 radical (unpaired) electrons. The minimum Gasteiger partial charge on any atom is -0.366 e. The van der Waals surface area contributed by atoms with Gasteiger partial charge in [0.2, 0.25) is 5.95 Å². The molecule has 122 valence electrons. The second-order valence-electron chi connectivity index (χ2n) is 5.57. The Hall–Kier alpha value is -2.95. The number of hydrogen-bond donors (Lipinski definition) is 1. The van der Waals surface area contributed by atoms with E-state index in [4.69, 9.17) is 0 Å². The van der Waals surface area contributed by atoms with Crippen LogP contribution in [0, 0.1) is 12.7 Å². The van der Waals surface area contributed by atoms with Crippen LogP contribution < -0.4 is 10.2 Å². The first-order valence-electron chi connectivity index (χ1n) is 7.74. The van der Waals surface area contributed by atoms with Crippen LogP contribution in [0.4, 0.5) is 21.8 Å². The molecule has 0 atom stereocenters. The summed E-state index contributed by atoms with van der Waals surface area (Å²) >= 11 is 0. The summed E-state index contributed by atoms with van der Waals surface area (Å²) in [4.78, 5) is 11.0. The zero-order valence-corrected chi connectivity index (χ0v) is 13.7. The number of aryl methyl sites for hydroxylation is 1. The molecule has 0 spiro atoms. The Kier molecular flexibility index (Phi) is 4.70. The maximum atomic E-state index is 13.0. The van der Waals surface area contributed by atoms with Crippen LogP contribution in [0.3, 0.4) is 0 Å². The first-order chi connectivity index (χ1) is 11.6. The van der Waals surface area contributed by atoms with Crippen molar-refractivity contribution >= 4 is 17.5 Å². The van der Waals surface area contributed by atoms with E-state index in [0.29, 0.717) is 12.5 Å². The summed E-state index contributed by atoms with van der Waals surface area (Å²) in [5.41, 5.74) is 2.89. The third kappa shape index (κ3) is 3.87. The van der Waals surface area contributed by atoms with Gasteiger partial charge in [-0.15, -0.1) is 0 Å². The first kappa shape index (κ1) is 15.9. The lowest BCUT2D eigenvalue weighted by Crippen LogP contribution is -2.14.